The predicted octanol–water partition coefficient (Wildman–Crippen LogP) is 3.36. The highest BCUT2D eigenvalue weighted by molar-refractivity contribution is 9.10. The average Bonchev–Trinajstić information content (AvgIpc) is 2.83. The molecule has 1 atom stereocenters. The first-order valence-electron chi connectivity index (χ1n) is 7.35. The lowest BCUT2D eigenvalue weighted by Gasteiger charge is -2.24. The smallest absolute Gasteiger partial charge is 0.120 e. The van der Waals surface area contributed by atoms with Crippen molar-refractivity contribution in [1.82, 2.24) is 5.32 Å². The quantitative estimate of drug-likeness (QED) is 0.798. The van der Waals surface area contributed by atoms with E-state index in [0.717, 1.165) is 16.8 Å². The Balaban J connectivity index is 1.64. The first-order chi connectivity index (χ1) is 9.57. The summed E-state index contributed by atoms with van der Waals surface area (Å²) >= 11 is 3.40. The molecule has 0 amide bonds. The van der Waals surface area contributed by atoms with E-state index in [0.29, 0.717) is 18.6 Å². The van der Waals surface area contributed by atoms with Gasteiger partial charge in [-0.05, 0) is 36.5 Å². The molecular weight excluding hydrogens is 318 g/mol. The molecule has 1 aliphatic rings. The molecule has 1 aliphatic carbocycles. The van der Waals surface area contributed by atoms with E-state index in [2.05, 4.69) is 28.2 Å². The molecule has 0 saturated heterocycles. The normalized spacial score (nSPS) is 18.9. The minimum absolute atomic E-state index is 0.320. The molecule has 3 nitrogen and oxygen atoms in total. The summed E-state index contributed by atoms with van der Waals surface area (Å²) in [5.41, 5.74) is 0.421. The van der Waals surface area contributed by atoms with E-state index in [-0.39, 0.29) is 0 Å². The molecule has 1 fully saturated rings. The van der Waals surface area contributed by atoms with Crippen LogP contribution in [0.25, 0.3) is 0 Å². The molecule has 2 N–H and O–H groups in total. The predicted molar refractivity (Wildman–Crippen MR) is 85.1 cm³/mol. The Kier molecular flexibility index (Phi) is 5.87. The van der Waals surface area contributed by atoms with Crippen molar-refractivity contribution in [3.05, 3.63) is 28.7 Å². The minimum Gasteiger partial charge on any atom is -0.491 e. The van der Waals surface area contributed by atoms with Crippen molar-refractivity contribution in [2.45, 2.75) is 38.7 Å². The molecule has 0 radical (unpaired) electrons. The second-order valence-corrected chi connectivity index (χ2v) is 6.99. The van der Waals surface area contributed by atoms with Crippen LogP contribution in [0.5, 0.6) is 5.75 Å². The fraction of sp³-hybridized carbons (Fsp3) is 0.625. The van der Waals surface area contributed by atoms with Gasteiger partial charge in [-0.2, -0.15) is 0 Å². The van der Waals surface area contributed by atoms with Crippen LogP contribution in [-0.2, 0) is 0 Å². The van der Waals surface area contributed by atoms with Gasteiger partial charge in [0.05, 0.1) is 0 Å². The van der Waals surface area contributed by atoms with Gasteiger partial charge < -0.3 is 15.2 Å². The van der Waals surface area contributed by atoms with Crippen LogP contribution in [0.3, 0.4) is 0 Å². The molecular formula is C16H24BrNO2. The van der Waals surface area contributed by atoms with Crippen LogP contribution in [0.15, 0.2) is 28.7 Å². The maximum Gasteiger partial charge on any atom is 0.120 e. The molecule has 2 rings (SSSR count). The first-order valence-corrected chi connectivity index (χ1v) is 8.14. The Morgan fingerprint density at radius 1 is 1.40 bits per heavy atom. The van der Waals surface area contributed by atoms with Gasteiger partial charge >= 0.3 is 0 Å². The van der Waals surface area contributed by atoms with Gasteiger partial charge in [-0.1, -0.05) is 41.8 Å². The third-order valence-corrected chi connectivity index (χ3v) is 4.47. The van der Waals surface area contributed by atoms with Gasteiger partial charge in [0.1, 0.15) is 18.5 Å². The molecule has 0 bridgehead atoms. The summed E-state index contributed by atoms with van der Waals surface area (Å²) in [6, 6.07) is 7.67. The molecule has 0 aliphatic heterocycles. The molecule has 1 unspecified atom stereocenters. The van der Waals surface area contributed by atoms with Gasteiger partial charge in [-0.3, -0.25) is 0 Å². The molecule has 0 heterocycles. The first kappa shape index (κ1) is 15.8. The number of hydrogen-bond acceptors (Lipinski definition) is 3. The number of benzene rings is 1. The van der Waals surface area contributed by atoms with Crippen molar-refractivity contribution in [2.24, 2.45) is 5.41 Å². The second-order valence-electron chi connectivity index (χ2n) is 6.07. The van der Waals surface area contributed by atoms with E-state index in [1.54, 1.807) is 0 Å². The average molecular weight is 342 g/mol. The van der Waals surface area contributed by atoms with Crippen molar-refractivity contribution >= 4 is 15.9 Å². The zero-order valence-electron chi connectivity index (χ0n) is 12.1. The highest BCUT2D eigenvalue weighted by Gasteiger charge is 2.28. The highest BCUT2D eigenvalue weighted by atomic mass is 79.9. The summed E-state index contributed by atoms with van der Waals surface area (Å²) in [6.45, 7) is 4.22. The maximum absolute atomic E-state index is 9.94. The molecule has 0 spiro atoms. The third-order valence-electron chi connectivity index (χ3n) is 3.98. The fourth-order valence-corrected chi connectivity index (χ4v) is 3.13. The number of hydrogen-bond donors (Lipinski definition) is 2. The van der Waals surface area contributed by atoms with E-state index in [1.807, 2.05) is 24.3 Å². The highest BCUT2D eigenvalue weighted by Crippen LogP contribution is 2.36. The van der Waals surface area contributed by atoms with E-state index >= 15 is 0 Å². The topological polar surface area (TPSA) is 41.5 Å². The Morgan fingerprint density at radius 2 is 2.15 bits per heavy atom. The molecule has 20 heavy (non-hydrogen) atoms. The molecule has 1 aromatic rings. The number of aliphatic hydroxyl groups excluding tert-OH is 1. The summed E-state index contributed by atoms with van der Waals surface area (Å²) in [5.74, 6) is 0.779. The molecule has 112 valence electrons. The van der Waals surface area contributed by atoms with Crippen LogP contribution in [0, 0.1) is 5.41 Å². The third kappa shape index (κ3) is 5.08. The van der Waals surface area contributed by atoms with E-state index in [1.165, 1.54) is 25.7 Å². The SMILES string of the molecule is CC1(CNCC(O)COc2cccc(Br)c2)CCCC1. The van der Waals surface area contributed by atoms with Gasteiger partial charge in [0.2, 0.25) is 0 Å². The summed E-state index contributed by atoms with van der Waals surface area (Å²) < 4.78 is 6.56. The van der Waals surface area contributed by atoms with E-state index in [4.69, 9.17) is 4.74 Å². The number of ether oxygens (including phenoxy) is 1. The molecule has 4 heteroatoms. The van der Waals surface area contributed by atoms with Crippen LogP contribution in [0.1, 0.15) is 32.6 Å². The van der Waals surface area contributed by atoms with Gasteiger partial charge in [0.25, 0.3) is 0 Å². The number of halogens is 1. The van der Waals surface area contributed by atoms with E-state index < -0.39 is 6.10 Å². The van der Waals surface area contributed by atoms with E-state index in [9.17, 15) is 5.11 Å². The second kappa shape index (κ2) is 7.43. The zero-order chi connectivity index (χ0) is 14.4. The number of aliphatic hydroxyl groups is 1. The Morgan fingerprint density at radius 3 is 2.85 bits per heavy atom. The van der Waals surface area contributed by atoms with Crippen LogP contribution in [0.4, 0.5) is 0 Å². The lowest BCUT2D eigenvalue weighted by molar-refractivity contribution is 0.103. The van der Waals surface area contributed by atoms with Crippen molar-refractivity contribution in [3.63, 3.8) is 0 Å². The van der Waals surface area contributed by atoms with Gasteiger partial charge in [0.15, 0.2) is 0 Å². The lowest BCUT2D eigenvalue weighted by Crippen LogP contribution is -2.37. The summed E-state index contributed by atoms with van der Waals surface area (Å²) in [7, 11) is 0. The van der Waals surface area contributed by atoms with Crippen molar-refractivity contribution in [2.75, 3.05) is 19.7 Å². The summed E-state index contributed by atoms with van der Waals surface area (Å²) in [6.07, 6.45) is 4.80. The standard InChI is InChI=1S/C16H24BrNO2/c1-16(7-2-3-8-16)12-18-10-14(19)11-20-15-6-4-5-13(17)9-15/h4-6,9,14,18-19H,2-3,7-8,10-12H2,1H3. The van der Waals surface area contributed by atoms with Crippen LogP contribution >= 0.6 is 15.9 Å². The number of nitrogens with one attached hydrogen (secondary N) is 1. The van der Waals surface area contributed by atoms with Crippen molar-refractivity contribution in [1.29, 1.82) is 0 Å². The fourth-order valence-electron chi connectivity index (χ4n) is 2.75. The molecule has 1 saturated carbocycles. The lowest BCUT2D eigenvalue weighted by atomic mass is 9.89. The van der Waals surface area contributed by atoms with Crippen LogP contribution in [-0.4, -0.2) is 30.9 Å². The van der Waals surface area contributed by atoms with Crippen molar-refractivity contribution < 1.29 is 9.84 Å². The molecule has 0 aromatic heterocycles. The maximum atomic E-state index is 9.94. The van der Waals surface area contributed by atoms with Crippen LogP contribution < -0.4 is 10.1 Å². The van der Waals surface area contributed by atoms with Gasteiger partial charge in [-0.15, -0.1) is 0 Å². The molecule has 1 aromatic carbocycles. The Bertz CT molecular complexity index is 419. The summed E-state index contributed by atoms with van der Waals surface area (Å²) in [5, 5.41) is 13.3. The van der Waals surface area contributed by atoms with Crippen LogP contribution in [0.2, 0.25) is 0 Å². The largest absolute Gasteiger partial charge is 0.491 e. The minimum atomic E-state index is -0.473. The summed E-state index contributed by atoms with van der Waals surface area (Å²) in [4.78, 5) is 0. The monoisotopic (exact) mass is 341 g/mol. The number of rotatable bonds is 7. The van der Waals surface area contributed by atoms with Gasteiger partial charge in [-0.25, -0.2) is 0 Å². The van der Waals surface area contributed by atoms with Gasteiger partial charge in [0, 0.05) is 17.6 Å². The Hall–Kier alpha value is -0.580. The van der Waals surface area contributed by atoms with Crippen molar-refractivity contribution in [3.8, 4) is 5.75 Å². The zero-order valence-corrected chi connectivity index (χ0v) is 13.7. The Labute approximate surface area is 129 Å².